The Morgan fingerprint density at radius 1 is 1.24 bits per heavy atom. The fourth-order valence-electron chi connectivity index (χ4n) is 3.78. The Kier molecular flexibility index (Phi) is 5.52. The summed E-state index contributed by atoms with van der Waals surface area (Å²) < 4.78 is 0. The average Bonchev–Trinajstić information content (AvgIpc) is 3.25. The molecule has 0 unspecified atom stereocenters. The van der Waals surface area contributed by atoms with Gasteiger partial charge in [0.1, 0.15) is 5.82 Å². The van der Waals surface area contributed by atoms with Crippen LogP contribution < -0.4 is 5.32 Å². The second-order valence-electron chi connectivity index (χ2n) is 7.40. The Hall–Kier alpha value is -2.16. The van der Waals surface area contributed by atoms with E-state index >= 15 is 0 Å². The smallest absolute Gasteiger partial charge is 0.228 e. The Balaban J connectivity index is 1.75. The van der Waals surface area contributed by atoms with Crippen molar-refractivity contribution in [2.24, 2.45) is 5.92 Å². The predicted octanol–water partition coefficient (Wildman–Crippen LogP) is 5.67. The van der Waals surface area contributed by atoms with Crippen LogP contribution in [0.3, 0.4) is 0 Å². The van der Waals surface area contributed by atoms with Crippen LogP contribution in [0.4, 0.5) is 5.82 Å². The molecule has 1 aromatic rings. The largest absolute Gasteiger partial charge is 0.310 e. The van der Waals surface area contributed by atoms with E-state index in [0.29, 0.717) is 5.82 Å². The van der Waals surface area contributed by atoms with Gasteiger partial charge in [-0.3, -0.25) is 4.79 Å². The van der Waals surface area contributed by atoms with Crippen LogP contribution in [0.2, 0.25) is 0 Å². The van der Waals surface area contributed by atoms with Crippen molar-refractivity contribution in [2.75, 3.05) is 5.32 Å². The van der Waals surface area contributed by atoms with E-state index in [-0.39, 0.29) is 11.8 Å². The lowest BCUT2D eigenvalue weighted by Gasteiger charge is -2.12. The van der Waals surface area contributed by atoms with Crippen molar-refractivity contribution in [3.05, 3.63) is 53.3 Å². The molecule has 1 amide bonds. The van der Waals surface area contributed by atoms with Crippen LogP contribution in [0.25, 0.3) is 5.57 Å². The first-order valence-corrected chi connectivity index (χ1v) is 9.38. The number of pyridine rings is 1. The van der Waals surface area contributed by atoms with E-state index in [1.165, 1.54) is 24.0 Å². The zero-order valence-electron chi connectivity index (χ0n) is 15.4. The van der Waals surface area contributed by atoms with Gasteiger partial charge in [-0.25, -0.2) is 4.98 Å². The topological polar surface area (TPSA) is 42.0 Å². The summed E-state index contributed by atoms with van der Waals surface area (Å²) >= 11 is 0. The van der Waals surface area contributed by atoms with Crippen molar-refractivity contribution < 1.29 is 4.79 Å². The van der Waals surface area contributed by atoms with Gasteiger partial charge in [-0.2, -0.15) is 0 Å². The first kappa shape index (κ1) is 17.7. The maximum atomic E-state index is 12.2. The minimum Gasteiger partial charge on any atom is -0.310 e. The molecular formula is C22H28N2O. The number of nitrogens with one attached hydrogen (secondary N) is 1. The van der Waals surface area contributed by atoms with Crippen LogP contribution in [0.15, 0.2) is 47.7 Å². The molecule has 3 heteroatoms. The molecule has 0 aliphatic heterocycles. The third kappa shape index (κ3) is 4.28. The molecule has 0 bridgehead atoms. The summed E-state index contributed by atoms with van der Waals surface area (Å²) in [4.78, 5) is 16.7. The predicted molar refractivity (Wildman–Crippen MR) is 104 cm³/mol. The third-order valence-electron chi connectivity index (χ3n) is 5.38. The van der Waals surface area contributed by atoms with Crippen molar-refractivity contribution in [3.63, 3.8) is 0 Å². The molecule has 0 saturated heterocycles. The van der Waals surface area contributed by atoms with E-state index in [9.17, 15) is 4.79 Å². The fourth-order valence-corrected chi connectivity index (χ4v) is 3.78. The van der Waals surface area contributed by atoms with E-state index in [4.69, 9.17) is 0 Å². The van der Waals surface area contributed by atoms with Gasteiger partial charge in [0.25, 0.3) is 0 Å². The molecule has 0 aromatic carbocycles. The number of rotatable bonds is 5. The second kappa shape index (κ2) is 7.81. The third-order valence-corrected chi connectivity index (χ3v) is 5.38. The number of hydrogen-bond acceptors (Lipinski definition) is 2. The Morgan fingerprint density at radius 2 is 2.00 bits per heavy atom. The van der Waals surface area contributed by atoms with E-state index < -0.39 is 0 Å². The second-order valence-corrected chi connectivity index (χ2v) is 7.40. The zero-order valence-corrected chi connectivity index (χ0v) is 15.4. The van der Waals surface area contributed by atoms with E-state index in [2.05, 4.69) is 29.9 Å². The minimum atomic E-state index is 0.111. The van der Waals surface area contributed by atoms with Crippen molar-refractivity contribution >= 4 is 17.3 Å². The normalized spacial score (nSPS) is 18.7. The zero-order chi connectivity index (χ0) is 17.8. The minimum absolute atomic E-state index is 0.111. The number of nitrogens with zero attached hydrogens (tertiary/aromatic N) is 1. The standard InChI is InChI=1S/C22H28N2O/c1-15(2)20(13-18-10-6-7-16(18)3)19-11-12-21(23-14-19)24-22(25)17-8-4-5-9-17/h11-14,17H,1,4-10H2,2-3H3,(H,23,24,25)/b20-13+. The lowest BCUT2D eigenvalue weighted by atomic mass is 9.98. The molecule has 0 atom stereocenters. The Labute approximate surface area is 150 Å². The molecule has 1 saturated carbocycles. The molecule has 25 heavy (non-hydrogen) atoms. The molecule has 1 heterocycles. The van der Waals surface area contributed by atoms with Gasteiger partial charge in [-0.15, -0.1) is 0 Å². The highest BCUT2D eigenvalue weighted by Gasteiger charge is 2.22. The summed E-state index contributed by atoms with van der Waals surface area (Å²) in [7, 11) is 0. The van der Waals surface area contributed by atoms with Crippen LogP contribution in [0.5, 0.6) is 0 Å². The number of aromatic nitrogens is 1. The van der Waals surface area contributed by atoms with Gasteiger partial charge in [0.2, 0.25) is 5.91 Å². The molecule has 2 aliphatic carbocycles. The summed E-state index contributed by atoms with van der Waals surface area (Å²) in [5.74, 6) is 0.905. The highest BCUT2D eigenvalue weighted by atomic mass is 16.1. The van der Waals surface area contributed by atoms with Gasteiger partial charge in [-0.05, 0) is 69.2 Å². The lowest BCUT2D eigenvalue weighted by molar-refractivity contribution is -0.119. The summed E-state index contributed by atoms with van der Waals surface area (Å²) in [6.07, 6.45) is 12.0. The monoisotopic (exact) mass is 336 g/mol. The molecule has 3 rings (SSSR count). The van der Waals surface area contributed by atoms with Crippen molar-refractivity contribution in [1.82, 2.24) is 4.98 Å². The first-order chi connectivity index (χ1) is 12.0. The summed E-state index contributed by atoms with van der Waals surface area (Å²) in [6.45, 7) is 8.38. The van der Waals surface area contributed by atoms with Gasteiger partial charge >= 0.3 is 0 Å². The number of hydrogen-bond donors (Lipinski definition) is 1. The number of allylic oxidation sites excluding steroid dienone is 5. The van der Waals surface area contributed by atoms with Gasteiger partial charge in [0.15, 0.2) is 0 Å². The Morgan fingerprint density at radius 3 is 2.56 bits per heavy atom. The van der Waals surface area contributed by atoms with Crippen molar-refractivity contribution in [3.8, 4) is 0 Å². The fraction of sp³-hybridized carbons (Fsp3) is 0.455. The van der Waals surface area contributed by atoms with E-state index in [0.717, 1.165) is 48.8 Å². The highest BCUT2D eigenvalue weighted by Crippen LogP contribution is 2.31. The van der Waals surface area contributed by atoms with Crippen LogP contribution in [-0.4, -0.2) is 10.9 Å². The molecule has 0 radical (unpaired) electrons. The number of carbonyl (C=O) groups excluding carboxylic acids is 1. The summed E-state index contributed by atoms with van der Waals surface area (Å²) in [6, 6.07) is 3.93. The van der Waals surface area contributed by atoms with Crippen LogP contribution in [0.1, 0.15) is 64.4 Å². The summed E-state index contributed by atoms with van der Waals surface area (Å²) in [5, 5.41) is 2.96. The van der Waals surface area contributed by atoms with Gasteiger partial charge in [0, 0.05) is 17.7 Å². The molecule has 1 fully saturated rings. The van der Waals surface area contributed by atoms with Gasteiger partial charge in [0.05, 0.1) is 0 Å². The molecule has 1 N–H and O–H groups in total. The van der Waals surface area contributed by atoms with Crippen LogP contribution in [0, 0.1) is 5.92 Å². The maximum Gasteiger partial charge on any atom is 0.228 e. The van der Waals surface area contributed by atoms with Crippen LogP contribution in [-0.2, 0) is 4.79 Å². The number of amides is 1. The molecule has 3 nitrogen and oxygen atoms in total. The molecule has 0 spiro atoms. The Bertz CT molecular complexity index is 719. The molecule has 2 aliphatic rings. The maximum absolute atomic E-state index is 12.2. The van der Waals surface area contributed by atoms with E-state index in [1.54, 1.807) is 0 Å². The quantitative estimate of drug-likeness (QED) is 0.704. The highest BCUT2D eigenvalue weighted by molar-refractivity contribution is 5.92. The van der Waals surface area contributed by atoms with E-state index in [1.807, 2.05) is 25.3 Å². The summed E-state index contributed by atoms with van der Waals surface area (Å²) in [5.41, 5.74) is 6.14. The molecule has 132 valence electrons. The number of carbonyl (C=O) groups is 1. The van der Waals surface area contributed by atoms with Crippen LogP contribution >= 0.6 is 0 Å². The van der Waals surface area contributed by atoms with Crippen molar-refractivity contribution in [1.29, 1.82) is 0 Å². The lowest BCUT2D eigenvalue weighted by Crippen LogP contribution is -2.20. The first-order valence-electron chi connectivity index (χ1n) is 9.38. The van der Waals surface area contributed by atoms with Crippen molar-refractivity contribution in [2.45, 2.75) is 58.8 Å². The SMILES string of the molecule is C=C(C)/C(=C\C1=C(C)CCC1)c1ccc(NC(=O)C2CCCC2)nc1. The van der Waals surface area contributed by atoms with Gasteiger partial charge in [-0.1, -0.05) is 36.6 Å². The van der Waals surface area contributed by atoms with Gasteiger partial charge < -0.3 is 5.32 Å². The average molecular weight is 336 g/mol. The number of anilines is 1. The molecular weight excluding hydrogens is 308 g/mol. The molecule has 1 aromatic heterocycles.